The summed E-state index contributed by atoms with van der Waals surface area (Å²) in [6.45, 7) is 0. The highest BCUT2D eigenvalue weighted by Crippen LogP contribution is 2.22. The maximum absolute atomic E-state index is 9.38. The molecule has 5 heteroatoms. The fourth-order valence-electron chi connectivity index (χ4n) is 1.11. The molecular weight excluding hydrogens is 198 g/mol. The van der Waals surface area contributed by atoms with Gasteiger partial charge in [-0.3, -0.25) is 0 Å². The molecule has 0 aliphatic heterocycles. The molecule has 0 aromatic carbocycles. The normalized spacial score (nSPS) is 17.2. The highest BCUT2D eigenvalue weighted by molar-refractivity contribution is 8.45. The molecule has 0 bridgehead atoms. The molecule has 3 N–H and O–H groups in total. The quantitative estimate of drug-likeness (QED) is 0.619. The molecule has 2 nitrogen and oxygen atoms in total. The molecule has 0 unspecified atom stereocenters. The van der Waals surface area contributed by atoms with Gasteiger partial charge in [0.05, 0.1) is 0 Å². The summed E-state index contributed by atoms with van der Waals surface area (Å²) in [7, 11) is -0.870. The van der Waals surface area contributed by atoms with Crippen LogP contribution >= 0.6 is 0 Å². The van der Waals surface area contributed by atoms with Crippen molar-refractivity contribution in [1.29, 1.82) is 0 Å². The van der Waals surface area contributed by atoms with Gasteiger partial charge in [-0.25, -0.2) is 0 Å². The summed E-state index contributed by atoms with van der Waals surface area (Å²) in [6, 6.07) is 0. The number of hydrogen-bond acceptors (Lipinski definition) is 3. The van der Waals surface area contributed by atoms with Crippen molar-refractivity contribution in [3.05, 3.63) is 11.3 Å². The van der Waals surface area contributed by atoms with Crippen LogP contribution in [0.4, 0.5) is 0 Å². The molecule has 0 saturated heterocycles. The van der Waals surface area contributed by atoms with E-state index in [4.69, 9.17) is 28.1 Å². The minimum absolute atomic E-state index is 0.144. The van der Waals surface area contributed by atoms with Gasteiger partial charge in [0.2, 0.25) is 0 Å². The van der Waals surface area contributed by atoms with Crippen LogP contribution in [-0.4, -0.2) is 10.2 Å². The zero-order valence-corrected chi connectivity index (χ0v) is 8.32. The Kier molecular flexibility index (Phi) is 3.00. The van der Waals surface area contributed by atoms with Crippen LogP contribution in [0.25, 0.3) is 0 Å². The fourth-order valence-corrected chi connectivity index (χ4v) is 2.15. The second-order valence-electron chi connectivity index (χ2n) is 2.40. The first kappa shape index (κ1) is 9.12. The maximum Gasteiger partial charge on any atom is 0.142 e. The van der Waals surface area contributed by atoms with Gasteiger partial charge < -0.3 is 10.8 Å². The molecular formula is C6H9NOS3. The molecule has 0 heterocycles. The lowest BCUT2D eigenvalue weighted by molar-refractivity contribution is 0.566. The van der Waals surface area contributed by atoms with Gasteiger partial charge in [0.15, 0.2) is 0 Å². The fraction of sp³-hybridized carbons (Fsp3) is 0.500. The second-order valence-corrected chi connectivity index (χ2v) is 5.89. The molecule has 1 aliphatic carbocycles. The van der Waals surface area contributed by atoms with Crippen LogP contribution in [-0.2, 0) is 30.0 Å². The molecule has 11 heavy (non-hydrogen) atoms. The van der Waals surface area contributed by atoms with Crippen molar-refractivity contribution in [2.45, 2.75) is 19.3 Å². The number of hydrogen-bond donors (Lipinski definition) is 2. The average molecular weight is 207 g/mol. The van der Waals surface area contributed by atoms with E-state index in [0.29, 0.717) is 0 Å². The third-order valence-corrected chi connectivity index (χ3v) is 3.19. The van der Waals surface area contributed by atoms with Crippen molar-refractivity contribution in [2.75, 3.05) is 0 Å². The van der Waals surface area contributed by atoms with Crippen molar-refractivity contribution in [2.24, 2.45) is 5.73 Å². The molecule has 0 atom stereocenters. The Labute approximate surface area is 76.5 Å². The number of rotatable bonds is 1. The van der Waals surface area contributed by atoms with E-state index in [9.17, 15) is 5.11 Å². The first-order chi connectivity index (χ1) is 5.13. The predicted molar refractivity (Wildman–Crippen MR) is 54.8 cm³/mol. The summed E-state index contributed by atoms with van der Waals surface area (Å²) >= 11 is 9.51. The molecule has 1 rings (SSSR count). The van der Waals surface area contributed by atoms with Gasteiger partial charge in [0.1, 0.15) is 5.05 Å². The highest BCUT2D eigenvalue weighted by Gasteiger charge is 2.14. The topological polar surface area (TPSA) is 46.2 Å². The zero-order chi connectivity index (χ0) is 8.43. The van der Waals surface area contributed by atoms with Crippen LogP contribution in [0.2, 0.25) is 0 Å². The number of nitrogens with two attached hydrogens (primary N) is 1. The summed E-state index contributed by atoms with van der Waals surface area (Å²) < 4.78 is 0. The van der Waals surface area contributed by atoms with E-state index in [1.807, 2.05) is 0 Å². The van der Waals surface area contributed by atoms with Crippen LogP contribution in [0, 0.1) is 0 Å². The van der Waals surface area contributed by atoms with E-state index in [0.717, 1.165) is 30.5 Å². The van der Waals surface area contributed by atoms with Gasteiger partial charge >= 0.3 is 0 Å². The summed E-state index contributed by atoms with van der Waals surface area (Å²) in [5, 5.41) is 9.52. The van der Waals surface area contributed by atoms with Crippen molar-refractivity contribution in [3.63, 3.8) is 0 Å². The summed E-state index contributed by atoms with van der Waals surface area (Å²) in [4.78, 5) is 0. The molecule has 1 aliphatic rings. The Morgan fingerprint density at radius 1 is 1.45 bits per heavy atom. The molecule has 0 spiro atoms. The lowest BCUT2D eigenvalue weighted by Crippen LogP contribution is -2.05. The Morgan fingerprint density at radius 2 is 2.09 bits per heavy atom. The van der Waals surface area contributed by atoms with Crippen molar-refractivity contribution >= 4 is 35.0 Å². The zero-order valence-electron chi connectivity index (χ0n) is 5.87. The van der Waals surface area contributed by atoms with Gasteiger partial charge in [0, 0.05) is 11.3 Å². The Hall–Kier alpha value is 0.0300. The first-order valence-corrected chi connectivity index (χ1v) is 6.33. The molecule has 0 amide bonds. The van der Waals surface area contributed by atoms with Crippen LogP contribution < -0.4 is 5.73 Å². The Balaban J connectivity index is 3.11. The Bertz CT molecular complexity index is 318. The van der Waals surface area contributed by atoms with Gasteiger partial charge in [-0.05, 0) is 49.2 Å². The van der Waals surface area contributed by atoms with E-state index in [1.54, 1.807) is 0 Å². The molecule has 0 fully saturated rings. The SMILES string of the molecule is NC1=C(C(O)=S(=S)=S)CCC1. The van der Waals surface area contributed by atoms with E-state index in [2.05, 4.69) is 0 Å². The Morgan fingerprint density at radius 3 is 2.45 bits per heavy atom. The molecule has 0 radical (unpaired) electrons. The average Bonchev–Trinajstić information content (AvgIpc) is 2.33. The van der Waals surface area contributed by atoms with Crippen LogP contribution in [0.1, 0.15) is 19.3 Å². The monoisotopic (exact) mass is 207 g/mol. The first-order valence-electron chi connectivity index (χ1n) is 3.26. The highest BCUT2D eigenvalue weighted by atomic mass is 33.1. The molecule has 62 valence electrons. The van der Waals surface area contributed by atoms with Crippen molar-refractivity contribution < 1.29 is 5.11 Å². The van der Waals surface area contributed by atoms with E-state index >= 15 is 0 Å². The van der Waals surface area contributed by atoms with Crippen molar-refractivity contribution in [3.8, 4) is 0 Å². The summed E-state index contributed by atoms with van der Waals surface area (Å²) in [6.07, 6.45) is 2.70. The van der Waals surface area contributed by atoms with Crippen LogP contribution in [0.5, 0.6) is 0 Å². The molecule has 0 aromatic rings. The third kappa shape index (κ3) is 1.99. The minimum Gasteiger partial charge on any atom is -0.402 e. The standard InChI is InChI=1S/C6H9NOS3/c7-5-3-1-2-4(5)6(8)11(9)10/h8H,1-3,7H2. The largest absolute Gasteiger partial charge is 0.402 e. The smallest absolute Gasteiger partial charge is 0.142 e. The summed E-state index contributed by atoms with van der Waals surface area (Å²) in [5.41, 5.74) is 7.19. The van der Waals surface area contributed by atoms with Gasteiger partial charge in [0.25, 0.3) is 0 Å². The lowest BCUT2D eigenvalue weighted by atomic mass is 10.2. The third-order valence-electron chi connectivity index (χ3n) is 1.68. The van der Waals surface area contributed by atoms with Gasteiger partial charge in [-0.2, -0.15) is 0 Å². The molecule has 0 aromatic heterocycles. The van der Waals surface area contributed by atoms with E-state index < -0.39 is 7.60 Å². The minimum atomic E-state index is -0.870. The van der Waals surface area contributed by atoms with Crippen LogP contribution in [0.3, 0.4) is 0 Å². The van der Waals surface area contributed by atoms with Gasteiger partial charge in [-0.15, -0.1) is 0 Å². The second kappa shape index (κ2) is 3.62. The predicted octanol–water partition coefficient (Wildman–Crippen LogP) is 0.613. The van der Waals surface area contributed by atoms with Crippen molar-refractivity contribution in [1.82, 2.24) is 0 Å². The number of allylic oxidation sites excluding steroid dienone is 1. The lowest BCUT2D eigenvalue weighted by Gasteiger charge is -1.97. The molecule has 0 saturated carbocycles. The number of aliphatic hydroxyl groups is 1. The maximum atomic E-state index is 9.38. The van der Waals surface area contributed by atoms with Gasteiger partial charge in [-0.1, -0.05) is 0 Å². The van der Waals surface area contributed by atoms with Crippen LogP contribution in [0.15, 0.2) is 11.3 Å². The van der Waals surface area contributed by atoms with E-state index in [-0.39, 0.29) is 5.05 Å². The van der Waals surface area contributed by atoms with E-state index in [1.165, 1.54) is 0 Å². The number of aliphatic hydroxyl groups excluding tert-OH is 1. The summed E-state index contributed by atoms with van der Waals surface area (Å²) in [5.74, 6) is 0.